The first-order chi connectivity index (χ1) is 10.8. The van der Waals surface area contributed by atoms with Crippen molar-refractivity contribution in [1.29, 1.82) is 0 Å². The first-order valence-corrected chi connectivity index (χ1v) is 7.54. The molecule has 2 aromatic carbocycles. The summed E-state index contributed by atoms with van der Waals surface area (Å²) in [7, 11) is 0. The molecule has 0 aromatic heterocycles. The fourth-order valence-electron chi connectivity index (χ4n) is 2.58. The van der Waals surface area contributed by atoms with E-state index in [0.717, 1.165) is 24.4 Å². The number of nitrogens with zero attached hydrogens (tertiary/aromatic N) is 1. The summed E-state index contributed by atoms with van der Waals surface area (Å²) >= 11 is 0. The van der Waals surface area contributed by atoms with Crippen molar-refractivity contribution in [2.24, 2.45) is 4.99 Å². The number of hydrogen-bond donors (Lipinski definition) is 1. The molecule has 0 radical (unpaired) electrons. The van der Waals surface area contributed by atoms with Gasteiger partial charge in [-0.3, -0.25) is 9.69 Å². The number of amidine groups is 1. The number of halogens is 1. The van der Waals surface area contributed by atoms with E-state index in [1.165, 1.54) is 10.5 Å². The minimum atomic E-state index is 0. The standard InChI is InChI=1S/C19H18N2O.ClH/c22-18(17-9-5-2-6-10-17)15-19-20-12-14-21(19)13-11-16-7-3-1-4-8-16;/h1-10,12,14H,11,13,15H2;1H. The summed E-state index contributed by atoms with van der Waals surface area (Å²) in [5.74, 6) is 1.03. The Hall–Kier alpha value is -2.23. The number of benzene rings is 2. The van der Waals surface area contributed by atoms with Gasteiger partial charge in [0.2, 0.25) is 5.84 Å². The first kappa shape index (κ1) is 17.1. The quantitative estimate of drug-likeness (QED) is 0.698. The Labute approximate surface area is 142 Å². The zero-order valence-electron chi connectivity index (χ0n) is 12.8. The maximum atomic E-state index is 12.3. The van der Waals surface area contributed by atoms with Crippen LogP contribution in [0.25, 0.3) is 0 Å². The third-order valence-electron chi connectivity index (χ3n) is 3.83. The molecular formula is C19H19ClN2O. The number of Topliss-reactive ketones (excluding diaryl/α,β-unsaturated/α-hetero) is 1. The molecule has 3 rings (SSSR count). The van der Waals surface area contributed by atoms with Crippen LogP contribution in [0.3, 0.4) is 0 Å². The van der Waals surface area contributed by atoms with Crippen LogP contribution in [0, 0.1) is 0 Å². The van der Waals surface area contributed by atoms with E-state index < -0.39 is 0 Å². The highest BCUT2D eigenvalue weighted by Gasteiger charge is 2.22. The summed E-state index contributed by atoms with van der Waals surface area (Å²) in [4.78, 5) is 17.8. The molecule has 1 aliphatic rings. The van der Waals surface area contributed by atoms with Gasteiger partial charge in [0, 0.05) is 12.0 Å². The van der Waals surface area contributed by atoms with Crippen LogP contribution in [-0.2, 0) is 6.42 Å². The van der Waals surface area contributed by atoms with Gasteiger partial charge in [0.1, 0.15) is 12.6 Å². The highest BCUT2D eigenvalue weighted by molar-refractivity contribution is 6.07. The number of ketones is 1. The Morgan fingerprint density at radius 2 is 1.61 bits per heavy atom. The maximum Gasteiger partial charge on any atom is 0.213 e. The third kappa shape index (κ3) is 4.62. The first-order valence-electron chi connectivity index (χ1n) is 7.54. The summed E-state index contributed by atoms with van der Waals surface area (Å²) in [5.41, 5.74) is 2.06. The van der Waals surface area contributed by atoms with Crippen LogP contribution in [0.1, 0.15) is 22.3 Å². The number of rotatable bonds is 6. The van der Waals surface area contributed by atoms with Crippen molar-refractivity contribution in [2.75, 3.05) is 6.54 Å². The van der Waals surface area contributed by atoms with Crippen LogP contribution in [-0.4, -0.2) is 18.2 Å². The van der Waals surface area contributed by atoms with E-state index in [4.69, 9.17) is 0 Å². The normalized spacial score (nSPS) is 15.8. The van der Waals surface area contributed by atoms with Gasteiger partial charge in [-0.05, 0) is 5.56 Å². The molecule has 0 aliphatic carbocycles. The molecule has 0 amide bonds. The zero-order chi connectivity index (χ0) is 15.2. The number of carbonyl (C=O) groups is 1. The average molecular weight is 327 g/mol. The van der Waals surface area contributed by atoms with Gasteiger partial charge in [0.05, 0.1) is 12.7 Å². The van der Waals surface area contributed by atoms with Crippen LogP contribution >= 0.6 is 0 Å². The van der Waals surface area contributed by atoms with Crippen molar-refractivity contribution in [3.8, 4) is 0 Å². The molecule has 1 unspecified atom stereocenters. The molecule has 1 atom stereocenters. The smallest absolute Gasteiger partial charge is 0.213 e. The highest BCUT2D eigenvalue weighted by atomic mass is 35.5. The van der Waals surface area contributed by atoms with E-state index in [0.29, 0.717) is 6.42 Å². The fourth-order valence-corrected chi connectivity index (χ4v) is 2.58. The average Bonchev–Trinajstić information content (AvgIpc) is 3.02. The van der Waals surface area contributed by atoms with Crippen LogP contribution in [0.15, 0.2) is 78.1 Å². The largest absolute Gasteiger partial charge is 1.00 e. The van der Waals surface area contributed by atoms with Crippen LogP contribution in [0.5, 0.6) is 0 Å². The Morgan fingerprint density at radius 3 is 2.30 bits per heavy atom. The van der Waals surface area contributed by atoms with Crippen molar-refractivity contribution in [3.05, 3.63) is 84.2 Å². The Morgan fingerprint density at radius 1 is 0.957 bits per heavy atom. The summed E-state index contributed by atoms with van der Waals surface area (Å²) in [6.07, 6.45) is 5.17. The Kier molecular flexibility index (Phi) is 6.27. The fraction of sp³-hybridized carbons (Fsp3) is 0.158. The molecule has 1 heterocycles. The van der Waals surface area contributed by atoms with E-state index in [2.05, 4.69) is 29.3 Å². The van der Waals surface area contributed by atoms with Gasteiger partial charge in [0.25, 0.3) is 0 Å². The van der Waals surface area contributed by atoms with Gasteiger partial charge in [-0.1, -0.05) is 60.7 Å². The Balaban J connectivity index is 0.00000192. The second-order valence-electron chi connectivity index (χ2n) is 5.37. The lowest BCUT2D eigenvalue weighted by atomic mass is 10.1. The lowest BCUT2D eigenvalue weighted by Gasteiger charge is -2.12. The van der Waals surface area contributed by atoms with Crippen LogP contribution in [0.4, 0.5) is 0 Å². The predicted octanol–water partition coefficient (Wildman–Crippen LogP) is -0.726. The summed E-state index contributed by atoms with van der Waals surface area (Å²) in [5, 5.41) is 0. The minimum absolute atomic E-state index is 0. The molecule has 1 N–H and O–H groups in total. The van der Waals surface area contributed by atoms with Gasteiger partial charge in [-0.15, -0.1) is 0 Å². The van der Waals surface area contributed by atoms with E-state index >= 15 is 0 Å². The van der Waals surface area contributed by atoms with E-state index in [9.17, 15) is 4.79 Å². The molecule has 1 aliphatic heterocycles. The third-order valence-corrected chi connectivity index (χ3v) is 3.83. The second-order valence-corrected chi connectivity index (χ2v) is 5.37. The van der Waals surface area contributed by atoms with Gasteiger partial charge < -0.3 is 12.4 Å². The van der Waals surface area contributed by atoms with E-state index in [1.807, 2.05) is 42.6 Å². The van der Waals surface area contributed by atoms with Gasteiger partial charge in [-0.25, -0.2) is 4.99 Å². The summed E-state index contributed by atoms with van der Waals surface area (Å²) in [6.45, 7) is 0.918. The number of carbonyl (C=O) groups excluding carboxylic acids is 1. The maximum absolute atomic E-state index is 12.3. The lowest BCUT2D eigenvalue weighted by molar-refractivity contribution is -0.744. The highest BCUT2D eigenvalue weighted by Crippen LogP contribution is 2.04. The van der Waals surface area contributed by atoms with E-state index in [-0.39, 0.29) is 18.2 Å². The topological polar surface area (TPSA) is 33.9 Å². The monoisotopic (exact) mass is 326 g/mol. The molecule has 0 spiro atoms. The summed E-state index contributed by atoms with van der Waals surface area (Å²) in [6, 6.07) is 19.8. The van der Waals surface area contributed by atoms with Crippen molar-refractivity contribution in [2.45, 2.75) is 12.8 Å². The molecule has 0 saturated carbocycles. The number of aliphatic imine (C=N–C) groups is 1. The van der Waals surface area contributed by atoms with Crippen molar-refractivity contribution < 1.29 is 22.1 Å². The van der Waals surface area contributed by atoms with Crippen molar-refractivity contribution >= 4 is 11.6 Å². The SMILES string of the molecule is O=C(CC1=NC=C[NH+]1CCc1ccccc1)c1ccccc1.[Cl-]. The zero-order valence-corrected chi connectivity index (χ0v) is 13.5. The molecule has 23 heavy (non-hydrogen) atoms. The molecule has 3 nitrogen and oxygen atoms in total. The second kappa shape index (κ2) is 8.42. The van der Waals surface area contributed by atoms with E-state index in [1.54, 1.807) is 6.20 Å². The number of nitrogens with one attached hydrogen (secondary N) is 1. The number of hydrogen-bond acceptors (Lipinski definition) is 2. The van der Waals surface area contributed by atoms with Gasteiger partial charge in [-0.2, -0.15) is 0 Å². The van der Waals surface area contributed by atoms with Crippen LogP contribution < -0.4 is 17.3 Å². The number of quaternary nitrogens is 1. The Bertz CT molecular complexity index is 696. The minimum Gasteiger partial charge on any atom is -1.00 e. The lowest BCUT2D eigenvalue weighted by Crippen LogP contribution is -3.09. The molecule has 0 saturated heterocycles. The molecule has 118 valence electrons. The molecule has 0 bridgehead atoms. The molecule has 0 fully saturated rings. The molecule has 4 heteroatoms. The predicted molar refractivity (Wildman–Crippen MR) is 87.9 cm³/mol. The van der Waals surface area contributed by atoms with Gasteiger partial charge in [0.15, 0.2) is 5.78 Å². The molecule has 2 aromatic rings. The van der Waals surface area contributed by atoms with Gasteiger partial charge >= 0.3 is 0 Å². The van der Waals surface area contributed by atoms with Crippen molar-refractivity contribution in [1.82, 2.24) is 0 Å². The van der Waals surface area contributed by atoms with Crippen molar-refractivity contribution in [3.63, 3.8) is 0 Å². The van der Waals surface area contributed by atoms with Crippen LogP contribution in [0.2, 0.25) is 0 Å². The summed E-state index contributed by atoms with van der Waals surface area (Å²) < 4.78 is 0. The molecular weight excluding hydrogens is 308 g/mol.